The number of rotatable bonds is 4. The molecule has 0 atom stereocenters. The third-order valence-electron chi connectivity index (χ3n) is 3.40. The molecule has 0 unspecified atom stereocenters. The van der Waals surface area contributed by atoms with Crippen LogP contribution < -0.4 is 5.32 Å². The summed E-state index contributed by atoms with van der Waals surface area (Å²) in [6.45, 7) is 4.20. The minimum atomic E-state index is -0.460. The summed E-state index contributed by atoms with van der Waals surface area (Å²) >= 11 is 0. The van der Waals surface area contributed by atoms with E-state index in [1.165, 1.54) is 23.8 Å². The van der Waals surface area contributed by atoms with Gasteiger partial charge in [0.1, 0.15) is 17.4 Å². The van der Waals surface area contributed by atoms with Crippen molar-refractivity contribution in [1.29, 1.82) is 5.26 Å². The predicted octanol–water partition coefficient (Wildman–Crippen LogP) is 4.06. The third kappa shape index (κ3) is 4.45. The van der Waals surface area contributed by atoms with Gasteiger partial charge in [-0.05, 0) is 47.4 Å². The van der Waals surface area contributed by atoms with Crippen LogP contribution in [0, 0.1) is 11.3 Å². The molecule has 1 amide bonds. The van der Waals surface area contributed by atoms with Gasteiger partial charge in [-0.2, -0.15) is 5.26 Å². The van der Waals surface area contributed by atoms with Crippen molar-refractivity contribution in [3.8, 4) is 11.8 Å². The van der Waals surface area contributed by atoms with E-state index in [0.29, 0.717) is 17.2 Å². The van der Waals surface area contributed by atoms with Crippen LogP contribution in [0.1, 0.15) is 30.9 Å². The Kier molecular flexibility index (Phi) is 5.16. The number of amides is 1. The number of benzene rings is 2. The van der Waals surface area contributed by atoms with Gasteiger partial charge in [0.15, 0.2) is 0 Å². The Morgan fingerprint density at radius 3 is 2.26 bits per heavy atom. The molecule has 0 saturated carbocycles. The summed E-state index contributed by atoms with van der Waals surface area (Å²) in [5, 5.41) is 21.1. The number of nitrogens with zero attached hydrogens (tertiary/aromatic N) is 1. The first kappa shape index (κ1) is 16.3. The zero-order valence-corrected chi connectivity index (χ0v) is 13.1. The fourth-order valence-electron chi connectivity index (χ4n) is 2.04. The number of aromatic hydroxyl groups is 1. The molecule has 0 heterocycles. The van der Waals surface area contributed by atoms with Gasteiger partial charge in [0.2, 0.25) is 0 Å². The standard InChI is InChI=1S/C19H18N2O2/c1-13(2)15-5-7-17(8-6-15)21-19(23)16(12-20)11-14-3-9-18(22)10-4-14/h3-11,13,22H,1-2H3,(H,21,23)/b16-11+. The topological polar surface area (TPSA) is 73.1 Å². The molecular weight excluding hydrogens is 288 g/mol. The number of carbonyl (C=O) groups excluding carboxylic acids is 1. The molecule has 0 bridgehead atoms. The van der Waals surface area contributed by atoms with Crippen LogP contribution in [0.3, 0.4) is 0 Å². The summed E-state index contributed by atoms with van der Waals surface area (Å²) in [5.74, 6) is 0.0945. The van der Waals surface area contributed by atoms with Crippen LogP contribution in [0.5, 0.6) is 5.75 Å². The van der Waals surface area contributed by atoms with Crippen molar-refractivity contribution in [2.75, 3.05) is 5.32 Å². The lowest BCUT2D eigenvalue weighted by atomic mass is 10.0. The first-order valence-electron chi connectivity index (χ1n) is 7.31. The average molecular weight is 306 g/mol. The first-order chi connectivity index (χ1) is 11.0. The Morgan fingerprint density at radius 2 is 1.74 bits per heavy atom. The lowest BCUT2D eigenvalue weighted by molar-refractivity contribution is -0.112. The molecule has 0 aliphatic rings. The SMILES string of the molecule is CC(C)c1ccc(NC(=O)/C(C#N)=C/c2ccc(O)cc2)cc1. The number of phenols is 1. The highest BCUT2D eigenvalue weighted by Crippen LogP contribution is 2.18. The molecule has 4 heteroatoms. The molecule has 2 rings (SSSR count). The Hall–Kier alpha value is -3.06. The summed E-state index contributed by atoms with van der Waals surface area (Å²) in [6.07, 6.45) is 1.48. The number of phenolic OH excluding ortho intramolecular Hbond substituents is 1. The number of hydrogen-bond donors (Lipinski definition) is 2. The fourth-order valence-corrected chi connectivity index (χ4v) is 2.04. The van der Waals surface area contributed by atoms with Gasteiger partial charge in [0.05, 0.1) is 0 Å². The molecule has 0 radical (unpaired) electrons. The van der Waals surface area contributed by atoms with E-state index >= 15 is 0 Å². The quantitative estimate of drug-likeness (QED) is 0.661. The van der Waals surface area contributed by atoms with Crippen LogP contribution in [0.25, 0.3) is 6.08 Å². The molecule has 2 aromatic rings. The Labute approximate surface area is 135 Å². The average Bonchev–Trinajstić information content (AvgIpc) is 2.54. The predicted molar refractivity (Wildman–Crippen MR) is 90.9 cm³/mol. The maximum Gasteiger partial charge on any atom is 0.266 e. The highest BCUT2D eigenvalue weighted by Gasteiger charge is 2.10. The van der Waals surface area contributed by atoms with Gasteiger partial charge < -0.3 is 10.4 Å². The third-order valence-corrected chi connectivity index (χ3v) is 3.40. The zero-order chi connectivity index (χ0) is 16.8. The Morgan fingerprint density at radius 1 is 1.13 bits per heavy atom. The molecule has 4 nitrogen and oxygen atoms in total. The minimum absolute atomic E-state index is 0.00336. The summed E-state index contributed by atoms with van der Waals surface area (Å²) < 4.78 is 0. The van der Waals surface area contributed by atoms with Crippen LogP contribution in [0.2, 0.25) is 0 Å². The summed E-state index contributed by atoms with van der Waals surface area (Å²) in [4.78, 5) is 12.2. The molecule has 0 saturated heterocycles. The maximum absolute atomic E-state index is 12.2. The maximum atomic E-state index is 12.2. The molecule has 0 aromatic heterocycles. The first-order valence-corrected chi connectivity index (χ1v) is 7.31. The molecule has 2 N–H and O–H groups in total. The van der Waals surface area contributed by atoms with Gasteiger partial charge >= 0.3 is 0 Å². The lowest BCUT2D eigenvalue weighted by Gasteiger charge is -2.08. The smallest absolute Gasteiger partial charge is 0.266 e. The van der Waals surface area contributed by atoms with Crippen molar-refractivity contribution in [2.45, 2.75) is 19.8 Å². The van der Waals surface area contributed by atoms with E-state index in [1.54, 1.807) is 12.1 Å². The van der Waals surface area contributed by atoms with E-state index in [4.69, 9.17) is 0 Å². The van der Waals surface area contributed by atoms with E-state index < -0.39 is 5.91 Å². The number of carbonyl (C=O) groups is 1. The summed E-state index contributed by atoms with van der Waals surface area (Å²) in [5.41, 5.74) is 2.50. The van der Waals surface area contributed by atoms with Crippen LogP contribution in [0.15, 0.2) is 54.1 Å². The van der Waals surface area contributed by atoms with Crippen LogP contribution in [0.4, 0.5) is 5.69 Å². The molecule has 0 aliphatic heterocycles. The number of anilines is 1. The van der Waals surface area contributed by atoms with Gasteiger partial charge in [-0.3, -0.25) is 4.79 Å². The highest BCUT2D eigenvalue weighted by molar-refractivity contribution is 6.09. The van der Waals surface area contributed by atoms with Crippen molar-refractivity contribution in [2.24, 2.45) is 0 Å². The molecule has 0 fully saturated rings. The fraction of sp³-hybridized carbons (Fsp3) is 0.158. The molecule has 0 aliphatic carbocycles. The molecule has 116 valence electrons. The van der Waals surface area contributed by atoms with Crippen molar-refractivity contribution in [3.63, 3.8) is 0 Å². The number of hydrogen-bond acceptors (Lipinski definition) is 3. The van der Waals surface area contributed by atoms with Crippen molar-refractivity contribution < 1.29 is 9.90 Å². The molecule has 2 aromatic carbocycles. The van der Waals surface area contributed by atoms with Crippen molar-refractivity contribution >= 4 is 17.7 Å². The zero-order valence-electron chi connectivity index (χ0n) is 13.1. The van der Waals surface area contributed by atoms with E-state index in [-0.39, 0.29) is 11.3 Å². The van der Waals surface area contributed by atoms with Gasteiger partial charge in [-0.15, -0.1) is 0 Å². The molecular formula is C19H18N2O2. The second kappa shape index (κ2) is 7.28. The van der Waals surface area contributed by atoms with Gasteiger partial charge in [-0.1, -0.05) is 38.1 Å². The largest absolute Gasteiger partial charge is 0.508 e. The van der Waals surface area contributed by atoms with Crippen LogP contribution in [-0.4, -0.2) is 11.0 Å². The number of nitrogens with one attached hydrogen (secondary N) is 1. The van der Waals surface area contributed by atoms with Crippen LogP contribution >= 0.6 is 0 Å². The second-order valence-corrected chi connectivity index (χ2v) is 5.49. The van der Waals surface area contributed by atoms with E-state index in [2.05, 4.69) is 19.2 Å². The van der Waals surface area contributed by atoms with E-state index in [1.807, 2.05) is 30.3 Å². The monoisotopic (exact) mass is 306 g/mol. The van der Waals surface area contributed by atoms with Gasteiger partial charge in [0.25, 0.3) is 5.91 Å². The summed E-state index contributed by atoms with van der Waals surface area (Å²) in [7, 11) is 0. The van der Waals surface area contributed by atoms with Crippen molar-refractivity contribution in [3.05, 3.63) is 65.2 Å². The second-order valence-electron chi connectivity index (χ2n) is 5.49. The minimum Gasteiger partial charge on any atom is -0.508 e. The van der Waals surface area contributed by atoms with Gasteiger partial charge in [-0.25, -0.2) is 0 Å². The summed E-state index contributed by atoms with van der Waals surface area (Å²) in [6, 6.07) is 15.7. The van der Waals surface area contributed by atoms with E-state index in [9.17, 15) is 15.2 Å². The highest BCUT2D eigenvalue weighted by atomic mass is 16.3. The normalized spacial score (nSPS) is 11.1. The molecule has 23 heavy (non-hydrogen) atoms. The number of nitriles is 1. The van der Waals surface area contributed by atoms with E-state index in [0.717, 1.165) is 0 Å². The van der Waals surface area contributed by atoms with Crippen LogP contribution in [-0.2, 0) is 4.79 Å². The Bertz CT molecular complexity index is 751. The molecule has 0 spiro atoms. The Balaban J connectivity index is 2.14. The lowest BCUT2D eigenvalue weighted by Crippen LogP contribution is -2.13. The van der Waals surface area contributed by atoms with Crippen molar-refractivity contribution in [1.82, 2.24) is 0 Å². The van der Waals surface area contributed by atoms with Gasteiger partial charge in [0, 0.05) is 5.69 Å².